The van der Waals surface area contributed by atoms with Crippen LogP contribution in [0.4, 0.5) is 0 Å². The van der Waals surface area contributed by atoms with E-state index in [0.29, 0.717) is 13.2 Å². The lowest BCUT2D eigenvalue weighted by atomic mass is 9.72. The number of para-hydroxylation sites is 1. The number of rotatable bonds is 11. The highest BCUT2D eigenvalue weighted by atomic mass is 35.5. The largest absolute Gasteiger partial charge is 1.00 e. The summed E-state index contributed by atoms with van der Waals surface area (Å²) in [6.07, 6.45) is 1.10. The van der Waals surface area contributed by atoms with Crippen LogP contribution in [0.15, 0.2) is 54.6 Å². The summed E-state index contributed by atoms with van der Waals surface area (Å²) in [5.41, 5.74) is 2.97. The monoisotopic (exact) mass is 447 g/mol. The maximum atomic E-state index is 6.14. The molecule has 3 nitrogen and oxygen atoms in total. The molecule has 0 saturated heterocycles. The molecular weight excluding hydrogens is 406 g/mol. The van der Waals surface area contributed by atoms with Crippen LogP contribution in [0.5, 0.6) is 5.75 Å². The fourth-order valence-corrected chi connectivity index (χ4v) is 4.35. The number of hydrogen-bond acceptors (Lipinski definition) is 2. The molecule has 0 bridgehead atoms. The van der Waals surface area contributed by atoms with Crippen LogP contribution in [0.1, 0.15) is 52.2 Å². The van der Waals surface area contributed by atoms with Crippen molar-refractivity contribution in [2.45, 2.75) is 53.0 Å². The lowest BCUT2D eigenvalue weighted by Gasteiger charge is -2.34. The second-order valence-corrected chi connectivity index (χ2v) is 10.9. The molecule has 0 aliphatic carbocycles. The quantitative estimate of drug-likeness (QED) is 0.389. The van der Waals surface area contributed by atoms with Crippen molar-refractivity contribution in [1.29, 1.82) is 0 Å². The molecule has 0 N–H and O–H groups in total. The van der Waals surface area contributed by atoms with Crippen LogP contribution in [-0.2, 0) is 16.7 Å². The first-order valence-electron chi connectivity index (χ1n) is 11.1. The minimum absolute atomic E-state index is 0. The average molecular weight is 448 g/mol. The molecule has 174 valence electrons. The molecule has 2 rings (SSSR count). The number of nitrogens with zero attached hydrogens (tertiary/aromatic N) is 1. The van der Waals surface area contributed by atoms with Crippen LogP contribution >= 0.6 is 0 Å². The Balaban J connectivity index is 0.00000480. The van der Waals surface area contributed by atoms with Crippen molar-refractivity contribution in [3.05, 3.63) is 65.7 Å². The summed E-state index contributed by atoms with van der Waals surface area (Å²) >= 11 is 0. The fraction of sp³-hybridized carbons (Fsp3) is 0.556. The van der Waals surface area contributed by atoms with E-state index in [-0.39, 0.29) is 23.2 Å². The van der Waals surface area contributed by atoms with Crippen molar-refractivity contribution >= 4 is 0 Å². The van der Waals surface area contributed by atoms with E-state index in [0.717, 1.165) is 36.3 Å². The minimum Gasteiger partial charge on any atom is -1.00 e. The van der Waals surface area contributed by atoms with E-state index >= 15 is 0 Å². The SMILES string of the molecule is CC(C)(C)CC(C)(C)c1ccccc1OCCOCC[N+](C)(C)Cc1ccccc1.[Cl-]. The molecule has 0 heterocycles. The summed E-state index contributed by atoms with van der Waals surface area (Å²) in [4.78, 5) is 0. The van der Waals surface area contributed by atoms with Crippen molar-refractivity contribution in [1.82, 2.24) is 0 Å². The number of benzene rings is 2. The normalized spacial score (nSPS) is 12.4. The minimum atomic E-state index is 0. The molecule has 0 radical (unpaired) electrons. The maximum Gasteiger partial charge on any atom is 0.123 e. The Morgan fingerprint density at radius 3 is 2.03 bits per heavy atom. The highest BCUT2D eigenvalue weighted by Gasteiger charge is 2.29. The second-order valence-electron chi connectivity index (χ2n) is 10.9. The zero-order valence-corrected chi connectivity index (χ0v) is 21.3. The van der Waals surface area contributed by atoms with Gasteiger partial charge in [-0.2, -0.15) is 0 Å². The van der Waals surface area contributed by atoms with Crippen molar-refractivity contribution in [2.75, 3.05) is 40.5 Å². The third-order valence-corrected chi connectivity index (χ3v) is 5.37. The predicted molar refractivity (Wildman–Crippen MR) is 127 cm³/mol. The third kappa shape index (κ3) is 10.1. The zero-order chi connectivity index (χ0) is 22.3. The standard InChI is InChI=1S/C27H42NO2.ClH/c1-26(2,3)22-27(4,5)24-15-11-12-16-25(24)30-20-19-29-18-17-28(6,7)21-23-13-9-8-10-14-23;/h8-16H,17-22H2,1-7H3;1H/q+1;/p-1. The number of likely N-dealkylation sites (N-methyl/N-ethyl adjacent to an activating group) is 1. The summed E-state index contributed by atoms with van der Waals surface area (Å²) in [5, 5.41) is 0. The van der Waals surface area contributed by atoms with Gasteiger partial charge in [0.05, 0.1) is 27.3 Å². The summed E-state index contributed by atoms with van der Waals surface area (Å²) < 4.78 is 12.9. The van der Waals surface area contributed by atoms with Gasteiger partial charge in [-0.3, -0.25) is 0 Å². The number of quaternary nitrogens is 1. The van der Waals surface area contributed by atoms with Gasteiger partial charge >= 0.3 is 0 Å². The van der Waals surface area contributed by atoms with Crippen molar-refractivity contribution in [3.63, 3.8) is 0 Å². The Kier molecular flexibility index (Phi) is 10.5. The average Bonchev–Trinajstić information content (AvgIpc) is 2.63. The van der Waals surface area contributed by atoms with Crippen molar-refractivity contribution < 1.29 is 26.4 Å². The van der Waals surface area contributed by atoms with Crippen LogP contribution < -0.4 is 17.1 Å². The number of halogens is 1. The van der Waals surface area contributed by atoms with Crippen molar-refractivity contribution in [3.8, 4) is 5.75 Å². The van der Waals surface area contributed by atoms with Gasteiger partial charge in [0.25, 0.3) is 0 Å². The molecule has 0 fully saturated rings. The van der Waals surface area contributed by atoms with E-state index < -0.39 is 0 Å². The van der Waals surface area contributed by atoms with E-state index in [2.05, 4.69) is 103 Å². The van der Waals surface area contributed by atoms with E-state index in [4.69, 9.17) is 9.47 Å². The highest BCUT2D eigenvalue weighted by Crippen LogP contribution is 2.40. The first-order valence-corrected chi connectivity index (χ1v) is 11.1. The predicted octanol–water partition coefficient (Wildman–Crippen LogP) is 3.08. The van der Waals surface area contributed by atoms with Gasteiger partial charge in [-0.15, -0.1) is 0 Å². The molecule has 0 spiro atoms. The van der Waals surface area contributed by atoms with E-state index in [1.807, 2.05) is 0 Å². The highest BCUT2D eigenvalue weighted by molar-refractivity contribution is 5.39. The van der Waals surface area contributed by atoms with Gasteiger partial charge in [0, 0.05) is 5.56 Å². The molecule has 0 aliphatic heterocycles. The summed E-state index contributed by atoms with van der Waals surface area (Å²) in [5.74, 6) is 0.982. The Labute approximate surface area is 196 Å². The molecule has 31 heavy (non-hydrogen) atoms. The summed E-state index contributed by atoms with van der Waals surface area (Å²) in [6, 6.07) is 19.1. The van der Waals surface area contributed by atoms with Gasteiger partial charge in [-0.1, -0.05) is 83.1 Å². The Morgan fingerprint density at radius 2 is 1.39 bits per heavy atom. The first kappa shape index (κ1) is 27.5. The van der Waals surface area contributed by atoms with Crippen LogP contribution in [0.25, 0.3) is 0 Å². The fourth-order valence-electron chi connectivity index (χ4n) is 4.35. The van der Waals surface area contributed by atoms with Gasteiger partial charge in [0.15, 0.2) is 0 Å². The Hall–Kier alpha value is -1.55. The van der Waals surface area contributed by atoms with Gasteiger partial charge in [-0.25, -0.2) is 0 Å². The van der Waals surface area contributed by atoms with Gasteiger partial charge in [0.2, 0.25) is 0 Å². The summed E-state index contributed by atoms with van der Waals surface area (Å²) in [7, 11) is 4.50. The number of hydrogen-bond donors (Lipinski definition) is 0. The molecule has 2 aromatic carbocycles. The second kappa shape index (κ2) is 11.9. The van der Waals surface area contributed by atoms with Crippen LogP contribution in [0.2, 0.25) is 0 Å². The third-order valence-electron chi connectivity index (χ3n) is 5.37. The lowest BCUT2D eigenvalue weighted by Crippen LogP contribution is -3.00. The van der Waals surface area contributed by atoms with E-state index in [9.17, 15) is 0 Å². The Bertz CT molecular complexity index is 766. The number of ether oxygens (including phenoxy) is 2. The topological polar surface area (TPSA) is 18.5 Å². The molecule has 0 amide bonds. The summed E-state index contributed by atoms with van der Waals surface area (Å²) in [6.45, 7) is 15.4. The molecule has 0 aromatic heterocycles. The van der Waals surface area contributed by atoms with Gasteiger partial charge in [-0.05, 0) is 28.9 Å². The molecular formula is C27H42ClNO2. The van der Waals surface area contributed by atoms with Gasteiger partial charge in [0.1, 0.15) is 25.4 Å². The van der Waals surface area contributed by atoms with Gasteiger partial charge < -0.3 is 26.4 Å². The van der Waals surface area contributed by atoms with Crippen LogP contribution in [-0.4, -0.2) is 44.9 Å². The molecule has 0 aliphatic rings. The molecule has 2 aromatic rings. The van der Waals surface area contributed by atoms with E-state index in [1.165, 1.54) is 11.1 Å². The van der Waals surface area contributed by atoms with Crippen LogP contribution in [0.3, 0.4) is 0 Å². The molecule has 0 atom stereocenters. The lowest BCUT2D eigenvalue weighted by molar-refractivity contribution is -0.904. The van der Waals surface area contributed by atoms with E-state index in [1.54, 1.807) is 0 Å². The Morgan fingerprint density at radius 1 is 0.774 bits per heavy atom. The zero-order valence-electron chi connectivity index (χ0n) is 20.6. The van der Waals surface area contributed by atoms with Crippen molar-refractivity contribution in [2.24, 2.45) is 5.41 Å². The molecule has 0 unspecified atom stereocenters. The van der Waals surface area contributed by atoms with Crippen LogP contribution in [0, 0.1) is 5.41 Å². The molecule has 0 saturated carbocycles. The first-order chi connectivity index (χ1) is 14.0. The molecule has 4 heteroatoms. The smallest absolute Gasteiger partial charge is 0.123 e. The maximum absolute atomic E-state index is 6.14.